The van der Waals surface area contributed by atoms with Gasteiger partial charge in [0.15, 0.2) is 6.10 Å². The first-order chi connectivity index (χ1) is 37.5. The summed E-state index contributed by atoms with van der Waals surface area (Å²) in [4.78, 5) is 38.2. The number of esters is 3. The molecule has 0 aliphatic carbocycles. The third kappa shape index (κ3) is 61.4. The fourth-order valence-corrected chi connectivity index (χ4v) is 9.27. The Hall–Kier alpha value is -3.41. The van der Waals surface area contributed by atoms with Gasteiger partial charge in [-0.25, -0.2) is 0 Å². The SMILES string of the molecule is CC/C=C\C/C=C\C/C=C\C/C=C\CCCCCCCCCCCCCCCCCCC(=O)OCC(COC(=O)CCCCCCCCCCCC)OC(=O)CCCCCCCC/C=C\C/C=C\C/C=C\CCCCC. The quantitative estimate of drug-likeness (QED) is 0.0261. The molecule has 0 aromatic rings. The van der Waals surface area contributed by atoms with Gasteiger partial charge in [-0.15, -0.1) is 0 Å². The Morgan fingerprint density at radius 1 is 0.276 bits per heavy atom. The molecule has 76 heavy (non-hydrogen) atoms. The predicted octanol–water partition coefficient (Wildman–Crippen LogP) is 22.3. The molecule has 0 saturated carbocycles. The Kier molecular flexibility index (Phi) is 61.2. The molecule has 1 atom stereocenters. The molecule has 0 rings (SSSR count). The summed E-state index contributed by atoms with van der Waals surface area (Å²) in [5.74, 6) is -0.878. The Morgan fingerprint density at radius 2 is 0.513 bits per heavy atom. The number of carbonyl (C=O) groups is 3. The maximum Gasteiger partial charge on any atom is 0.306 e. The van der Waals surface area contributed by atoms with Crippen LogP contribution in [-0.4, -0.2) is 37.2 Å². The second kappa shape index (κ2) is 64.1. The van der Waals surface area contributed by atoms with Crippen molar-refractivity contribution in [1.82, 2.24) is 0 Å². The third-order valence-electron chi connectivity index (χ3n) is 14.1. The fourth-order valence-electron chi connectivity index (χ4n) is 9.27. The zero-order chi connectivity index (χ0) is 55.0. The monoisotopic (exact) mass is 1060 g/mol. The van der Waals surface area contributed by atoms with Gasteiger partial charge in [0.1, 0.15) is 13.2 Å². The smallest absolute Gasteiger partial charge is 0.306 e. The average molecular weight is 1060 g/mol. The minimum Gasteiger partial charge on any atom is -0.462 e. The van der Waals surface area contributed by atoms with Crippen molar-refractivity contribution in [2.45, 2.75) is 329 Å². The lowest BCUT2D eigenvalue weighted by Gasteiger charge is -2.18. The van der Waals surface area contributed by atoms with Crippen molar-refractivity contribution >= 4 is 17.9 Å². The maximum atomic E-state index is 12.9. The summed E-state index contributed by atoms with van der Waals surface area (Å²) in [7, 11) is 0. The highest BCUT2D eigenvalue weighted by atomic mass is 16.6. The largest absolute Gasteiger partial charge is 0.462 e. The zero-order valence-electron chi connectivity index (χ0n) is 50.3. The molecule has 1 unspecified atom stereocenters. The van der Waals surface area contributed by atoms with E-state index in [1.54, 1.807) is 0 Å². The molecule has 6 nitrogen and oxygen atoms in total. The van der Waals surface area contributed by atoms with E-state index in [1.165, 1.54) is 173 Å². The number of ether oxygens (including phenoxy) is 3. The minimum absolute atomic E-state index is 0.0779. The van der Waals surface area contributed by atoms with Gasteiger partial charge in [0.25, 0.3) is 0 Å². The van der Waals surface area contributed by atoms with E-state index >= 15 is 0 Å². The topological polar surface area (TPSA) is 78.9 Å². The highest BCUT2D eigenvalue weighted by Crippen LogP contribution is 2.17. The summed E-state index contributed by atoms with van der Waals surface area (Å²) in [6.07, 6.45) is 84.6. The minimum atomic E-state index is -0.781. The van der Waals surface area contributed by atoms with E-state index in [1.807, 2.05) is 0 Å². The van der Waals surface area contributed by atoms with E-state index in [0.29, 0.717) is 19.3 Å². The zero-order valence-corrected chi connectivity index (χ0v) is 50.3. The molecule has 0 amide bonds. The molecule has 0 aromatic carbocycles. The first kappa shape index (κ1) is 72.6. The summed E-state index contributed by atoms with van der Waals surface area (Å²) in [5.41, 5.74) is 0. The van der Waals surface area contributed by atoms with Crippen molar-refractivity contribution in [3.63, 3.8) is 0 Å². The Balaban J connectivity index is 4.19. The normalized spacial score (nSPS) is 12.6. The third-order valence-corrected chi connectivity index (χ3v) is 14.1. The van der Waals surface area contributed by atoms with Gasteiger partial charge in [-0.05, 0) is 96.3 Å². The van der Waals surface area contributed by atoms with E-state index in [-0.39, 0.29) is 31.1 Å². The van der Waals surface area contributed by atoms with Crippen molar-refractivity contribution in [2.75, 3.05) is 13.2 Å². The van der Waals surface area contributed by atoms with Gasteiger partial charge in [0.2, 0.25) is 0 Å². The molecule has 0 N–H and O–H groups in total. The first-order valence-electron chi connectivity index (χ1n) is 32.6. The molecular formula is C70H122O6. The summed E-state index contributed by atoms with van der Waals surface area (Å²) in [6, 6.07) is 0. The first-order valence-corrected chi connectivity index (χ1v) is 32.6. The summed E-state index contributed by atoms with van der Waals surface area (Å²) < 4.78 is 16.9. The number of hydrogen-bond donors (Lipinski definition) is 0. The van der Waals surface area contributed by atoms with E-state index in [2.05, 4.69) is 106 Å². The van der Waals surface area contributed by atoms with Gasteiger partial charge in [-0.2, -0.15) is 0 Å². The molecular weight excluding hydrogens is 937 g/mol. The van der Waals surface area contributed by atoms with Gasteiger partial charge in [-0.3, -0.25) is 14.4 Å². The van der Waals surface area contributed by atoms with Crippen LogP contribution in [0.2, 0.25) is 0 Å². The molecule has 0 aliphatic rings. The van der Waals surface area contributed by atoms with Gasteiger partial charge < -0.3 is 14.2 Å². The highest BCUT2D eigenvalue weighted by molar-refractivity contribution is 5.71. The van der Waals surface area contributed by atoms with Gasteiger partial charge in [0, 0.05) is 19.3 Å². The van der Waals surface area contributed by atoms with E-state index in [0.717, 1.165) is 109 Å². The second-order valence-corrected chi connectivity index (χ2v) is 21.6. The average Bonchev–Trinajstić information content (AvgIpc) is 3.42. The fraction of sp³-hybridized carbons (Fsp3) is 0.757. The van der Waals surface area contributed by atoms with Crippen LogP contribution in [0.25, 0.3) is 0 Å². The molecule has 0 aliphatic heterocycles. The molecule has 0 bridgehead atoms. The highest BCUT2D eigenvalue weighted by Gasteiger charge is 2.19. The molecule has 0 heterocycles. The lowest BCUT2D eigenvalue weighted by molar-refractivity contribution is -0.167. The van der Waals surface area contributed by atoms with Gasteiger partial charge in [0.05, 0.1) is 0 Å². The van der Waals surface area contributed by atoms with Crippen molar-refractivity contribution in [3.8, 4) is 0 Å². The van der Waals surface area contributed by atoms with Crippen molar-refractivity contribution < 1.29 is 28.6 Å². The molecule has 6 heteroatoms. The lowest BCUT2D eigenvalue weighted by Crippen LogP contribution is -2.30. The number of allylic oxidation sites excluding steroid dienone is 14. The van der Waals surface area contributed by atoms with Gasteiger partial charge >= 0.3 is 17.9 Å². The predicted molar refractivity (Wildman–Crippen MR) is 330 cm³/mol. The molecule has 0 spiro atoms. The summed E-state index contributed by atoms with van der Waals surface area (Å²) >= 11 is 0. The Bertz CT molecular complexity index is 1450. The van der Waals surface area contributed by atoms with Crippen LogP contribution in [0.1, 0.15) is 323 Å². The van der Waals surface area contributed by atoms with Crippen LogP contribution in [0.4, 0.5) is 0 Å². The van der Waals surface area contributed by atoms with Crippen LogP contribution in [0.15, 0.2) is 85.1 Å². The van der Waals surface area contributed by atoms with Crippen molar-refractivity contribution in [1.29, 1.82) is 0 Å². The number of hydrogen-bond acceptors (Lipinski definition) is 6. The van der Waals surface area contributed by atoms with Crippen molar-refractivity contribution in [3.05, 3.63) is 85.1 Å². The molecule has 0 radical (unpaired) electrons. The molecule has 0 saturated heterocycles. The van der Waals surface area contributed by atoms with Crippen LogP contribution >= 0.6 is 0 Å². The van der Waals surface area contributed by atoms with Crippen LogP contribution in [-0.2, 0) is 28.6 Å². The number of carbonyl (C=O) groups excluding carboxylic acids is 3. The lowest BCUT2D eigenvalue weighted by atomic mass is 10.0. The Morgan fingerprint density at radius 3 is 0.829 bits per heavy atom. The van der Waals surface area contributed by atoms with Crippen LogP contribution in [0.5, 0.6) is 0 Å². The number of unbranched alkanes of at least 4 members (excludes halogenated alkanes) is 34. The van der Waals surface area contributed by atoms with E-state index < -0.39 is 6.10 Å². The number of rotatable bonds is 59. The van der Waals surface area contributed by atoms with Crippen LogP contribution in [0.3, 0.4) is 0 Å². The molecule has 0 aromatic heterocycles. The second-order valence-electron chi connectivity index (χ2n) is 21.6. The molecule has 0 fully saturated rings. The van der Waals surface area contributed by atoms with E-state index in [9.17, 15) is 14.4 Å². The standard InChI is InChI=1S/C70H122O6/c1-4-7-10-13-16-19-22-24-26-28-30-31-32-33-34-35-36-37-38-39-41-42-44-46-48-51-54-57-60-63-69(72)75-66-67(65-74-68(71)62-59-56-53-50-21-18-15-12-9-6-3)76-70(73)64-61-58-55-52-49-47-45-43-40-29-27-25-23-20-17-14-11-8-5-2/h7,10,16-17,19-20,24-27,30-31,40,43,67H,4-6,8-9,11-15,18,21-23,28-29,32-39,41-42,44-66H2,1-3H3/b10-7-,19-16-,20-17-,26-24-,27-25-,31-30-,43-40-. The van der Waals surface area contributed by atoms with Crippen LogP contribution < -0.4 is 0 Å². The summed E-state index contributed by atoms with van der Waals surface area (Å²) in [6.45, 7) is 6.51. The van der Waals surface area contributed by atoms with Crippen LogP contribution in [0, 0.1) is 0 Å². The molecule has 438 valence electrons. The van der Waals surface area contributed by atoms with E-state index in [4.69, 9.17) is 14.2 Å². The Labute approximate surface area is 471 Å². The summed E-state index contributed by atoms with van der Waals surface area (Å²) in [5, 5.41) is 0. The van der Waals surface area contributed by atoms with Crippen molar-refractivity contribution in [2.24, 2.45) is 0 Å². The maximum absolute atomic E-state index is 12.9. The van der Waals surface area contributed by atoms with Gasteiger partial charge in [-0.1, -0.05) is 292 Å².